The van der Waals surface area contributed by atoms with Gasteiger partial charge in [-0.1, -0.05) is 0 Å². The molecule has 2 atom stereocenters. The van der Waals surface area contributed by atoms with Crippen molar-refractivity contribution in [2.75, 3.05) is 13.2 Å². The zero-order chi connectivity index (χ0) is 10.3. The van der Waals surface area contributed by atoms with E-state index in [1.165, 1.54) is 0 Å². The molecule has 0 aromatic carbocycles. The lowest BCUT2D eigenvalue weighted by Gasteiger charge is -2.39. The topological polar surface area (TPSA) is 56.4 Å². The minimum absolute atomic E-state index is 0.0745. The van der Waals surface area contributed by atoms with Crippen LogP contribution in [0.1, 0.15) is 20.8 Å². The van der Waals surface area contributed by atoms with Crippen molar-refractivity contribution in [3.63, 3.8) is 0 Å². The highest BCUT2D eigenvalue weighted by atomic mass is 16.2. The monoisotopic (exact) mass is 198 g/mol. The van der Waals surface area contributed by atoms with Crippen LogP contribution < -0.4 is 16.0 Å². The molecule has 0 aliphatic carbocycles. The van der Waals surface area contributed by atoms with Crippen LogP contribution in [-0.2, 0) is 0 Å². The lowest BCUT2D eigenvalue weighted by Crippen LogP contribution is -2.63. The average molecular weight is 198 g/mol. The van der Waals surface area contributed by atoms with Crippen molar-refractivity contribution in [2.45, 2.75) is 38.5 Å². The number of hydrogen-bond donors (Lipinski definition) is 3. The molecule has 0 aromatic rings. The minimum atomic E-state index is -0.0745. The number of hydrogen-bond acceptors (Lipinski definition) is 3. The zero-order valence-corrected chi connectivity index (χ0v) is 8.92. The van der Waals surface area contributed by atoms with Gasteiger partial charge in [-0.3, -0.25) is 10.2 Å². The molecule has 3 N–H and O–H groups in total. The van der Waals surface area contributed by atoms with Crippen LogP contribution in [0.5, 0.6) is 0 Å². The molecule has 5 nitrogen and oxygen atoms in total. The Morgan fingerprint density at radius 3 is 2.79 bits per heavy atom. The Labute approximate surface area is 84.2 Å². The smallest absolute Gasteiger partial charge is 0.316 e. The molecule has 0 spiro atoms. The molecule has 2 heterocycles. The Morgan fingerprint density at radius 1 is 1.43 bits per heavy atom. The van der Waals surface area contributed by atoms with E-state index in [-0.39, 0.29) is 17.7 Å². The number of fused-ring (bicyclic) bond motifs is 1. The second-order valence-corrected chi connectivity index (χ2v) is 4.90. The van der Waals surface area contributed by atoms with Gasteiger partial charge in [0.2, 0.25) is 0 Å². The summed E-state index contributed by atoms with van der Waals surface area (Å²) in [5.74, 6) is 0. The van der Waals surface area contributed by atoms with Crippen LogP contribution >= 0.6 is 0 Å². The number of amides is 2. The zero-order valence-electron chi connectivity index (χ0n) is 8.92. The molecule has 2 aliphatic heterocycles. The highest BCUT2D eigenvalue weighted by molar-refractivity contribution is 5.75. The van der Waals surface area contributed by atoms with Gasteiger partial charge in [0, 0.05) is 12.1 Å². The SMILES string of the molecule is CC(C)(C)N1CNC2NC(=O)NCC21. The van der Waals surface area contributed by atoms with E-state index >= 15 is 0 Å². The lowest BCUT2D eigenvalue weighted by atomic mass is 10.0. The molecule has 0 bridgehead atoms. The first-order valence-corrected chi connectivity index (χ1v) is 5.03. The van der Waals surface area contributed by atoms with Gasteiger partial charge < -0.3 is 10.6 Å². The number of carbonyl (C=O) groups excluding carboxylic acids is 1. The van der Waals surface area contributed by atoms with Crippen molar-refractivity contribution in [3.8, 4) is 0 Å². The van der Waals surface area contributed by atoms with Crippen molar-refractivity contribution < 1.29 is 4.79 Å². The summed E-state index contributed by atoms with van der Waals surface area (Å²) in [5.41, 5.74) is 0.135. The van der Waals surface area contributed by atoms with Gasteiger partial charge in [0.1, 0.15) is 0 Å². The van der Waals surface area contributed by atoms with Crippen LogP contribution in [0.2, 0.25) is 0 Å². The van der Waals surface area contributed by atoms with Crippen LogP contribution in [0.4, 0.5) is 4.79 Å². The number of nitrogens with zero attached hydrogens (tertiary/aromatic N) is 1. The molecule has 80 valence electrons. The third kappa shape index (κ3) is 1.57. The molecule has 0 saturated carbocycles. The molecular formula is C9H18N4O. The summed E-state index contributed by atoms with van der Waals surface area (Å²) in [6, 6.07) is 0.280. The normalized spacial score (nSPS) is 33.5. The van der Waals surface area contributed by atoms with Crippen LogP contribution in [0.15, 0.2) is 0 Å². The van der Waals surface area contributed by atoms with Gasteiger partial charge in [0.25, 0.3) is 0 Å². The van der Waals surface area contributed by atoms with E-state index < -0.39 is 0 Å². The maximum Gasteiger partial charge on any atom is 0.316 e. The fraction of sp³-hybridized carbons (Fsp3) is 0.889. The predicted octanol–water partition coefficient (Wildman–Crippen LogP) is -0.345. The van der Waals surface area contributed by atoms with E-state index in [0.29, 0.717) is 6.04 Å². The molecule has 2 rings (SSSR count). The highest BCUT2D eigenvalue weighted by Gasteiger charge is 2.42. The summed E-state index contributed by atoms with van der Waals surface area (Å²) in [5, 5.41) is 9.00. The maximum atomic E-state index is 11.1. The number of urea groups is 1. The fourth-order valence-electron chi connectivity index (χ4n) is 2.13. The summed E-state index contributed by atoms with van der Waals surface area (Å²) in [7, 11) is 0. The number of nitrogens with one attached hydrogen (secondary N) is 3. The summed E-state index contributed by atoms with van der Waals surface area (Å²) >= 11 is 0. The molecule has 2 aliphatic rings. The van der Waals surface area contributed by atoms with Crippen LogP contribution in [0.3, 0.4) is 0 Å². The number of carbonyl (C=O) groups is 1. The molecule has 0 radical (unpaired) electrons. The lowest BCUT2D eigenvalue weighted by molar-refractivity contribution is 0.106. The minimum Gasteiger partial charge on any atom is -0.336 e. The van der Waals surface area contributed by atoms with Crippen molar-refractivity contribution in [1.29, 1.82) is 0 Å². The van der Waals surface area contributed by atoms with Gasteiger partial charge in [0.05, 0.1) is 18.9 Å². The standard InChI is InChI=1S/C9H18N4O/c1-9(2,3)13-5-11-7-6(13)4-10-8(14)12-7/h6-7,11H,4-5H2,1-3H3,(H2,10,12,14). The van der Waals surface area contributed by atoms with Crippen molar-refractivity contribution in [2.24, 2.45) is 0 Å². The Kier molecular flexibility index (Phi) is 2.16. The van der Waals surface area contributed by atoms with E-state index in [0.717, 1.165) is 13.2 Å². The van der Waals surface area contributed by atoms with E-state index in [4.69, 9.17) is 0 Å². The second-order valence-electron chi connectivity index (χ2n) is 4.90. The van der Waals surface area contributed by atoms with E-state index in [9.17, 15) is 4.79 Å². The summed E-state index contributed by atoms with van der Waals surface area (Å²) in [6.07, 6.45) is 0.1000. The maximum absolute atomic E-state index is 11.1. The van der Waals surface area contributed by atoms with E-state index in [1.807, 2.05) is 0 Å². The van der Waals surface area contributed by atoms with Crippen LogP contribution in [0.25, 0.3) is 0 Å². The molecule has 14 heavy (non-hydrogen) atoms. The average Bonchev–Trinajstić information content (AvgIpc) is 2.45. The first-order chi connectivity index (χ1) is 6.48. The van der Waals surface area contributed by atoms with E-state index in [1.54, 1.807) is 0 Å². The molecule has 2 amide bonds. The van der Waals surface area contributed by atoms with Crippen molar-refractivity contribution in [1.82, 2.24) is 20.9 Å². The van der Waals surface area contributed by atoms with Gasteiger partial charge in [0.15, 0.2) is 0 Å². The van der Waals surface area contributed by atoms with Crippen molar-refractivity contribution in [3.05, 3.63) is 0 Å². The predicted molar refractivity (Wildman–Crippen MR) is 53.7 cm³/mol. The Balaban J connectivity index is 2.09. The summed E-state index contributed by atoms with van der Waals surface area (Å²) in [4.78, 5) is 13.4. The van der Waals surface area contributed by atoms with Gasteiger partial charge >= 0.3 is 6.03 Å². The molecule has 2 saturated heterocycles. The summed E-state index contributed by atoms with van der Waals surface area (Å²) < 4.78 is 0. The third-order valence-corrected chi connectivity index (χ3v) is 2.89. The van der Waals surface area contributed by atoms with Crippen molar-refractivity contribution >= 4 is 6.03 Å². The largest absolute Gasteiger partial charge is 0.336 e. The molecule has 5 heteroatoms. The highest BCUT2D eigenvalue weighted by Crippen LogP contribution is 2.22. The molecule has 2 fully saturated rings. The second kappa shape index (κ2) is 3.10. The fourth-order valence-corrected chi connectivity index (χ4v) is 2.13. The first-order valence-electron chi connectivity index (χ1n) is 5.03. The van der Waals surface area contributed by atoms with E-state index in [2.05, 4.69) is 41.6 Å². The molecule has 2 unspecified atom stereocenters. The van der Waals surface area contributed by atoms with Gasteiger partial charge in [-0.05, 0) is 20.8 Å². The number of rotatable bonds is 0. The Hall–Kier alpha value is -0.810. The molecular weight excluding hydrogens is 180 g/mol. The quantitative estimate of drug-likeness (QED) is 0.499. The van der Waals surface area contributed by atoms with Crippen LogP contribution in [-0.4, -0.2) is 41.9 Å². The van der Waals surface area contributed by atoms with Gasteiger partial charge in [-0.15, -0.1) is 0 Å². The van der Waals surface area contributed by atoms with Gasteiger partial charge in [-0.25, -0.2) is 4.79 Å². The van der Waals surface area contributed by atoms with Crippen LogP contribution in [0, 0.1) is 0 Å². The Morgan fingerprint density at radius 2 is 2.14 bits per heavy atom. The van der Waals surface area contributed by atoms with Gasteiger partial charge in [-0.2, -0.15) is 0 Å². The summed E-state index contributed by atoms with van der Waals surface area (Å²) in [6.45, 7) is 8.12. The Bertz CT molecular complexity index is 248. The third-order valence-electron chi connectivity index (χ3n) is 2.89. The molecule has 0 aromatic heterocycles. The first kappa shape index (κ1) is 9.73.